The Morgan fingerprint density at radius 1 is 1.75 bits per heavy atom. The van der Waals surface area contributed by atoms with Crippen molar-refractivity contribution in [3.05, 3.63) is 11.3 Å². The van der Waals surface area contributed by atoms with Crippen LogP contribution in [0.2, 0.25) is 0 Å². The van der Waals surface area contributed by atoms with Crippen LogP contribution in [0.1, 0.15) is 0 Å². The Bertz CT molecular complexity index is 226. The predicted octanol–water partition coefficient (Wildman–Crippen LogP) is 0.201. The smallest absolute Gasteiger partial charge is 0.0850 e. The van der Waals surface area contributed by atoms with Crippen LogP contribution in [0.5, 0.6) is 0 Å². The lowest BCUT2D eigenvalue weighted by molar-refractivity contribution is 0.657. The minimum Gasteiger partial charge on any atom is -0.362 e. The monoisotopic (exact) mass is 103 g/mol. The number of nitrogens with zero attached hydrogens (tertiary/aromatic N) is 1. The summed E-state index contributed by atoms with van der Waals surface area (Å²) in [6, 6.07) is 0.825. The van der Waals surface area contributed by atoms with Crippen molar-refractivity contribution in [2.75, 3.05) is 6.54 Å². The van der Waals surface area contributed by atoms with E-state index in [9.17, 15) is 0 Å². The Hall–Kier alpha value is -0.900. The Morgan fingerprint density at radius 2 is 2.62 bits per heavy atom. The third-order valence-corrected chi connectivity index (χ3v) is 2.24. The number of piperidine rings is 1. The summed E-state index contributed by atoms with van der Waals surface area (Å²) < 4.78 is 0. The lowest BCUT2D eigenvalue weighted by atomic mass is 10.2. The minimum atomic E-state index is 0.494. The molecule has 3 rings (SSSR count). The van der Waals surface area contributed by atoms with Crippen molar-refractivity contribution < 1.29 is 0 Å². The Morgan fingerprint density at radius 3 is 3.00 bits per heavy atom. The molecule has 2 atom stereocenters. The zero-order chi connectivity index (χ0) is 5.30. The molecule has 0 saturated carbocycles. The topological polar surface area (TPSA) is 3.01 Å². The highest BCUT2D eigenvalue weighted by atomic mass is 15.4. The minimum absolute atomic E-state index is 0.494. The van der Waals surface area contributed by atoms with Gasteiger partial charge in [-0.3, -0.25) is 0 Å². The first-order valence-corrected chi connectivity index (χ1v) is 2.90. The molecule has 2 unspecified atom stereocenters. The predicted molar refractivity (Wildman–Crippen MR) is 29.8 cm³/mol. The first-order valence-electron chi connectivity index (χ1n) is 2.90. The standard InChI is InChI=1S/C7H5N/c1-2-4-6-5-3-8(5)7(4)6/h1,4-5H,3H2. The van der Waals surface area contributed by atoms with Gasteiger partial charge in [0.15, 0.2) is 0 Å². The molecule has 1 nitrogen and oxygen atoms in total. The van der Waals surface area contributed by atoms with Crippen molar-refractivity contribution in [3.8, 4) is 12.3 Å². The Kier molecular flexibility index (Phi) is 0.244. The van der Waals surface area contributed by atoms with E-state index in [0.29, 0.717) is 5.92 Å². The van der Waals surface area contributed by atoms with Gasteiger partial charge in [0.25, 0.3) is 0 Å². The van der Waals surface area contributed by atoms with Gasteiger partial charge >= 0.3 is 0 Å². The van der Waals surface area contributed by atoms with Crippen LogP contribution in [0.15, 0.2) is 11.3 Å². The van der Waals surface area contributed by atoms with Gasteiger partial charge in [-0.25, -0.2) is 0 Å². The largest absolute Gasteiger partial charge is 0.362 e. The summed E-state index contributed by atoms with van der Waals surface area (Å²) in [6.45, 7) is 1.28. The maximum Gasteiger partial charge on any atom is 0.0850 e. The molecule has 8 heavy (non-hydrogen) atoms. The van der Waals surface area contributed by atoms with Gasteiger partial charge in [-0.1, -0.05) is 5.92 Å². The molecule has 1 fully saturated rings. The average Bonchev–Trinajstić information content (AvgIpc) is 2.45. The molecule has 0 amide bonds. The van der Waals surface area contributed by atoms with Crippen LogP contribution in [0.25, 0.3) is 0 Å². The van der Waals surface area contributed by atoms with Gasteiger partial charge in [0.1, 0.15) is 0 Å². The molecule has 1 saturated heterocycles. The van der Waals surface area contributed by atoms with Crippen molar-refractivity contribution in [2.24, 2.45) is 5.92 Å². The second-order valence-electron chi connectivity index (χ2n) is 2.61. The highest BCUT2D eigenvalue weighted by Gasteiger charge is 2.64. The van der Waals surface area contributed by atoms with E-state index in [1.54, 1.807) is 5.57 Å². The van der Waals surface area contributed by atoms with E-state index in [4.69, 9.17) is 6.42 Å². The maximum absolute atomic E-state index is 5.22. The quantitative estimate of drug-likeness (QED) is 0.312. The summed E-state index contributed by atoms with van der Waals surface area (Å²) in [6.07, 6.45) is 5.22. The van der Waals surface area contributed by atoms with E-state index in [-0.39, 0.29) is 0 Å². The van der Waals surface area contributed by atoms with Crippen molar-refractivity contribution in [1.82, 2.24) is 4.90 Å². The fourth-order valence-corrected chi connectivity index (χ4v) is 1.70. The third-order valence-electron chi connectivity index (χ3n) is 2.24. The molecule has 0 radical (unpaired) electrons. The number of hydrogen-bond acceptors (Lipinski definition) is 1. The average molecular weight is 103 g/mol. The molecule has 1 aliphatic carbocycles. The highest BCUT2D eigenvalue weighted by Crippen LogP contribution is 2.62. The lowest BCUT2D eigenvalue weighted by Gasteiger charge is -1.97. The van der Waals surface area contributed by atoms with Crippen molar-refractivity contribution >= 4 is 0 Å². The van der Waals surface area contributed by atoms with Gasteiger partial charge in [0, 0.05) is 12.2 Å². The van der Waals surface area contributed by atoms with Crippen LogP contribution in [-0.4, -0.2) is 17.5 Å². The molecular formula is C7H5N. The Labute approximate surface area is 48.0 Å². The summed E-state index contributed by atoms with van der Waals surface area (Å²) in [5.74, 6) is 3.24. The van der Waals surface area contributed by atoms with Crippen LogP contribution >= 0.6 is 0 Å². The molecule has 0 aromatic carbocycles. The number of allylic oxidation sites excluding steroid dienone is 1. The third kappa shape index (κ3) is 0.136. The van der Waals surface area contributed by atoms with Crippen molar-refractivity contribution in [1.29, 1.82) is 0 Å². The van der Waals surface area contributed by atoms with Crippen LogP contribution in [0.4, 0.5) is 0 Å². The summed E-state index contributed by atoms with van der Waals surface area (Å²) in [5.41, 5.74) is 3.06. The summed E-state index contributed by atoms with van der Waals surface area (Å²) in [7, 11) is 0. The van der Waals surface area contributed by atoms with Gasteiger partial charge < -0.3 is 4.90 Å². The molecule has 38 valence electrons. The first-order chi connectivity index (χ1) is 3.93. The fraction of sp³-hybridized carbons (Fsp3) is 0.429. The van der Waals surface area contributed by atoms with E-state index < -0.39 is 0 Å². The van der Waals surface area contributed by atoms with Crippen LogP contribution in [0, 0.1) is 18.3 Å². The lowest BCUT2D eigenvalue weighted by Crippen LogP contribution is -1.97. The molecule has 2 aliphatic heterocycles. The van der Waals surface area contributed by atoms with Crippen LogP contribution in [0.3, 0.4) is 0 Å². The Balaban J connectivity index is 2.01. The van der Waals surface area contributed by atoms with Gasteiger partial charge in [0.2, 0.25) is 0 Å². The van der Waals surface area contributed by atoms with Gasteiger partial charge in [0.05, 0.1) is 12.0 Å². The van der Waals surface area contributed by atoms with Crippen molar-refractivity contribution in [3.63, 3.8) is 0 Å². The molecule has 0 bridgehead atoms. The first kappa shape index (κ1) is 3.19. The second kappa shape index (κ2) is 0.612. The van der Waals surface area contributed by atoms with Gasteiger partial charge in [-0.05, 0) is 5.57 Å². The number of fused-ring (bicyclic) bond motifs is 3. The number of rotatable bonds is 0. The summed E-state index contributed by atoms with van der Waals surface area (Å²) in [4.78, 5) is 2.37. The summed E-state index contributed by atoms with van der Waals surface area (Å²) >= 11 is 0. The van der Waals surface area contributed by atoms with Crippen LogP contribution in [-0.2, 0) is 0 Å². The van der Waals surface area contributed by atoms with Gasteiger partial charge in [-0.15, -0.1) is 6.42 Å². The van der Waals surface area contributed by atoms with E-state index in [1.165, 1.54) is 12.2 Å². The normalized spacial score (nSPS) is 44.1. The molecular weight excluding hydrogens is 98.1 g/mol. The van der Waals surface area contributed by atoms with Crippen LogP contribution < -0.4 is 0 Å². The second-order valence-corrected chi connectivity index (χ2v) is 2.61. The number of terminal acetylenes is 1. The number of hydrogen-bond donors (Lipinski definition) is 0. The van der Waals surface area contributed by atoms with Crippen molar-refractivity contribution in [2.45, 2.75) is 6.04 Å². The molecule has 0 spiro atoms. The van der Waals surface area contributed by atoms with E-state index >= 15 is 0 Å². The zero-order valence-corrected chi connectivity index (χ0v) is 4.39. The van der Waals surface area contributed by atoms with E-state index in [2.05, 4.69) is 10.8 Å². The molecule has 1 heteroatoms. The highest BCUT2D eigenvalue weighted by molar-refractivity contribution is 5.63. The maximum atomic E-state index is 5.22. The molecule has 2 heterocycles. The molecule has 3 aliphatic rings. The van der Waals surface area contributed by atoms with Gasteiger partial charge in [-0.2, -0.15) is 0 Å². The molecule has 0 aromatic heterocycles. The van der Waals surface area contributed by atoms with E-state index in [0.717, 1.165) is 6.04 Å². The summed E-state index contributed by atoms with van der Waals surface area (Å²) in [5, 5.41) is 0. The molecule has 0 aromatic rings. The fourth-order valence-electron chi connectivity index (χ4n) is 1.70. The zero-order valence-electron chi connectivity index (χ0n) is 4.39. The molecule has 0 N–H and O–H groups in total. The SMILES string of the molecule is C#CC1C2=C1N1CC21. The van der Waals surface area contributed by atoms with E-state index in [1.807, 2.05) is 0 Å².